The van der Waals surface area contributed by atoms with Crippen LogP contribution >= 0.6 is 15.9 Å². The van der Waals surface area contributed by atoms with Gasteiger partial charge in [-0.25, -0.2) is 0 Å². The minimum atomic E-state index is -0.107. The molecule has 2 aromatic rings. The van der Waals surface area contributed by atoms with E-state index in [0.29, 0.717) is 17.8 Å². The van der Waals surface area contributed by atoms with Crippen LogP contribution in [0.15, 0.2) is 40.9 Å². The molecular formula is C16H17BrN2O. The number of hydrogen-bond donors (Lipinski definition) is 2. The number of nitrogens with one attached hydrogen (secondary N) is 1. The lowest BCUT2D eigenvalue weighted by Crippen LogP contribution is -2.24. The maximum atomic E-state index is 12.2. The molecule has 4 heteroatoms. The van der Waals surface area contributed by atoms with Crippen molar-refractivity contribution in [3.05, 3.63) is 63.1 Å². The van der Waals surface area contributed by atoms with Crippen LogP contribution in [0.1, 0.15) is 27.0 Å². The van der Waals surface area contributed by atoms with Crippen LogP contribution in [0.25, 0.3) is 0 Å². The number of carbonyl (C=O) groups is 1. The van der Waals surface area contributed by atoms with Crippen molar-refractivity contribution in [3.8, 4) is 0 Å². The average Bonchev–Trinajstić information content (AvgIpc) is 2.41. The van der Waals surface area contributed by atoms with Crippen molar-refractivity contribution in [1.29, 1.82) is 0 Å². The second-order valence-corrected chi connectivity index (χ2v) is 5.65. The lowest BCUT2D eigenvalue weighted by atomic mass is 10.0. The largest absolute Gasteiger partial charge is 0.398 e. The SMILES string of the molecule is Cc1cc(C)c(C(=O)NCc2ccccc2Br)cc1N. The quantitative estimate of drug-likeness (QED) is 0.844. The highest BCUT2D eigenvalue weighted by Crippen LogP contribution is 2.19. The molecule has 1 amide bonds. The number of anilines is 1. The van der Waals surface area contributed by atoms with Gasteiger partial charge in [-0.2, -0.15) is 0 Å². The summed E-state index contributed by atoms with van der Waals surface area (Å²) >= 11 is 3.47. The van der Waals surface area contributed by atoms with E-state index in [1.165, 1.54) is 0 Å². The molecule has 0 saturated carbocycles. The first kappa shape index (κ1) is 14.6. The lowest BCUT2D eigenvalue weighted by molar-refractivity contribution is 0.0950. The van der Waals surface area contributed by atoms with Gasteiger partial charge < -0.3 is 11.1 Å². The molecule has 0 aliphatic heterocycles. The van der Waals surface area contributed by atoms with Crippen molar-refractivity contribution in [2.45, 2.75) is 20.4 Å². The fourth-order valence-corrected chi connectivity index (χ4v) is 2.45. The summed E-state index contributed by atoms with van der Waals surface area (Å²) in [6.07, 6.45) is 0. The summed E-state index contributed by atoms with van der Waals surface area (Å²) < 4.78 is 0.987. The first-order chi connectivity index (χ1) is 9.49. The summed E-state index contributed by atoms with van der Waals surface area (Å²) in [5.74, 6) is -0.107. The number of nitrogen functional groups attached to an aromatic ring is 1. The minimum Gasteiger partial charge on any atom is -0.398 e. The Bertz CT molecular complexity index is 653. The molecule has 0 heterocycles. The number of halogens is 1. The number of amides is 1. The minimum absolute atomic E-state index is 0.107. The van der Waals surface area contributed by atoms with Gasteiger partial charge in [0.1, 0.15) is 0 Å². The molecule has 0 unspecified atom stereocenters. The maximum Gasteiger partial charge on any atom is 0.251 e. The third-order valence-electron chi connectivity index (χ3n) is 3.25. The molecule has 0 spiro atoms. The molecule has 0 saturated heterocycles. The molecule has 2 rings (SSSR count). The predicted octanol–water partition coefficient (Wildman–Crippen LogP) is 3.58. The Morgan fingerprint density at radius 1 is 1.20 bits per heavy atom. The molecule has 3 N–H and O–H groups in total. The Balaban J connectivity index is 2.13. The van der Waals surface area contributed by atoms with Gasteiger partial charge in [-0.15, -0.1) is 0 Å². The molecule has 0 bridgehead atoms. The van der Waals surface area contributed by atoms with Crippen LogP contribution in [-0.2, 0) is 6.54 Å². The van der Waals surface area contributed by atoms with E-state index in [2.05, 4.69) is 21.2 Å². The monoisotopic (exact) mass is 332 g/mol. The molecule has 2 aromatic carbocycles. The van der Waals surface area contributed by atoms with Gasteiger partial charge in [0, 0.05) is 22.3 Å². The van der Waals surface area contributed by atoms with Crippen molar-refractivity contribution in [2.75, 3.05) is 5.73 Å². The fourth-order valence-electron chi connectivity index (χ4n) is 2.03. The van der Waals surface area contributed by atoms with E-state index < -0.39 is 0 Å². The lowest BCUT2D eigenvalue weighted by Gasteiger charge is -2.11. The Morgan fingerprint density at radius 2 is 1.90 bits per heavy atom. The van der Waals surface area contributed by atoms with Gasteiger partial charge >= 0.3 is 0 Å². The zero-order valence-electron chi connectivity index (χ0n) is 11.5. The number of benzene rings is 2. The van der Waals surface area contributed by atoms with Gasteiger partial charge in [0.15, 0.2) is 0 Å². The van der Waals surface area contributed by atoms with E-state index in [1.807, 2.05) is 44.2 Å². The molecule has 0 radical (unpaired) electrons. The van der Waals surface area contributed by atoms with Crippen LogP contribution in [0.2, 0.25) is 0 Å². The Kier molecular flexibility index (Phi) is 4.45. The first-order valence-corrected chi connectivity index (χ1v) is 7.16. The van der Waals surface area contributed by atoms with E-state index in [9.17, 15) is 4.79 Å². The number of nitrogens with two attached hydrogens (primary N) is 1. The smallest absolute Gasteiger partial charge is 0.251 e. The molecular weight excluding hydrogens is 316 g/mol. The van der Waals surface area contributed by atoms with Gasteiger partial charge in [-0.3, -0.25) is 4.79 Å². The second-order valence-electron chi connectivity index (χ2n) is 4.80. The summed E-state index contributed by atoms with van der Waals surface area (Å²) in [5, 5.41) is 2.92. The van der Waals surface area contributed by atoms with Crippen molar-refractivity contribution in [2.24, 2.45) is 0 Å². The van der Waals surface area contributed by atoms with Gasteiger partial charge in [0.05, 0.1) is 0 Å². The molecule has 104 valence electrons. The van der Waals surface area contributed by atoms with Gasteiger partial charge in [-0.1, -0.05) is 40.2 Å². The number of aryl methyl sites for hydroxylation is 2. The van der Waals surface area contributed by atoms with Gasteiger partial charge in [-0.05, 0) is 42.7 Å². The Morgan fingerprint density at radius 3 is 2.60 bits per heavy atom. The molecule has 20 heavy (non-hydrogen) atoms. The standard InChI is InChI=1S/C16H17BrN2O/c1-10-7-11(2)15(18)8-13(10)16(20)19-9-12-5-3-4-6-14(12)17/h3-8H,9,18H2,1-2H3,(H,19,20). The summed E-state index contributed by atoms with van der Waals surface area (Å²) in [6, 6.07) is 11.5. The average molecular weight is 333 g/mol. The van der Waals surface area contributed by atoms with E-state index in [0.717, 1.165) is 21.2 Å². The van der Waals surface area contributed by atoms with Crippen LogP contribution in [0.5, 0.6) is 0 Å². The zero-order chi connectivity index (χ0) is 14.7. The number of hydrogen-bond acceptors (Lipinski definition) is 2. The summed E-state index contributed by atoms with van der Waals surface area (Å²) in [5.41, 5.74) is 10.1. The highest BCUT2D eigenvalue weighted by molar-refractivity contribution is 9.10. The Hall–Kier alpha value is -1.81. The number of rotatable bonds is 3. The third kappa shape index (κ3) is 3.20. The maximum absolute atomic E-state index is 12.2. The van der Waals surface area contributed by atoms with Gasteiger partial charge in [0.2, 0.25) is 0 Å². The Labute approximate surface area is 127 Å². The van der Waals surface area contributed by atoms with Crippen molar-refractivity contribution in [1.82, 2.24) is 5.32 Å². The predicted molar refractivity (Wildman–Crippen MR) is 85.6 cm³/mol. The topological polar surface area (TPSA) is 55.1 Å². The van der Waals surface area contributed by atoms with Crippen LogP contribution < -0.4 is 11.1 Å². The third-order valence-corrected chi connectivity index (χ3v) is 4.03. The second kappa shape index (κ2) is 6.09. The zero-order valence-corrected chi connectivity index (χ0v) is 13.1. The van der Waals surface area contributed by atoms with E-state index >= 15 is 0 Å². The van der Waals surface area contributed by atoms with Crippen molar-refractivity contribution in [3.63, 3.8) is 0 Å². The normalized spacial score (nSPS) is 10.3. The van der Waals surface area contributed by atoms with Crippen molar-refractivity contribution < 1.29 is 4.79 Å². The van der Waals surface area contributed by atoms with E-state index in [4.69, 9.17) is 5.73 Å². The van der Waals surface area contributed by atoms with Crippen LogP contribution in [0.3, 0.4) is 0 Å². The molecule has 3 nitrogen and oxygen atoms in total. The highest BCUT2D eigenvalue weighted by Gasteiger charge is 2.11. The van der Waals surface area contributed by atoms with E-state index in [-0.39, 0.29) is 5.91 Å². The number of carbonyl (C=O) groups excluding carboxylic acids is 1. The summed E-state index contributed by atoms with van der Waals surface area (Å²) in [4.78, 5) is 12.2. The van der Waals surface area contributed by atoms with Crippen LogP contribution in [0.4, 0.5) is 5.69 Å². The fraction of sp³-hybridized carbons (Fsp3) is 0.188. The molecule has 0 atom stereocenters. The first-order valence-electron chi connectivity index (χ1n) is 6.37. The van der Waals surface area contributed by atoms with Crippen LogP contribution in [0, 0.1) is 13.8 Å². The summed E-state index contributed by atoms with van der Waals surface area (Å²) in [7, 11) is 0. The van der Waals surface area contributed by atoms with Crippen LogP contribution in [-0.4, -0.2) is 5.91 Å². The summed E-state index contributed by atoms with van der Waals surface area (Å²) in [6.45, 7) is 4.33. The van der Waals surface area contributed by atoms with E-state index in [1.54, 1.807) is 6.07 Å². The molecule has 0 aliphatic rings. The molecule has 0 aliphatic carbocycles. The molecule has 0 aromatic heterocycles. The van der Waals surface area contributed by atoms with Gasteiger partial charge in [0.25, 0.3) is 5.91 Å². The van der Waals surface area contributed by atoms with Crippen molar-refractivity contribution >= 4 is 27.5 Å². The highest BCUT2D eigenvalue weighted by atomic mass is 79.9. The molecule has 0 fully saturated rings.